The number of aromatic nitrogens is 2. The molecule has 1 aromatic carbocycles. The van der Waals surface area contributed by atoms with Gasteiger partial charge in [-0.25, -0.2) is 9.78 Å². The molecule has 0 aliphatic carbocycles. The summed E-state index contributed by atoms with van der Waals surface area (Å²) in [5.74, 6) is -1.53. The van der Waals surface area contributed by atoms with Crippen molar-refractivity contribution < 1.29 is 23.9 Å². The Hall–Kier alpha value is -4.06. The largest absolute Gasteiger partial charge is 0.444 e. The van der Waals surface area contributed by atoms with Gasteiger partial charge in [-0.1, -0.05) is 26.0 Å². The zero-order valence-electron chi connectivity index (χ0n) is 24.4. The van der Waals surface area contributed by atoms with Crippen LogP contribution in [0.4, 0.5) is 10.5 Å². The van der Waals surface area contributed by atoms with Crippen molar-refractivity contribution >= 4 is 50.9 Å². The van der Waals surface area contributed by atoms with Gasteiger partial charge in [0.05, 0.1) is 16.3 Å². The summed E-state index contributed by atoms with van der Waals surface area (Å²) in [6.45, 7) is 9.46. The van der Waals surface area contributed by atoms with Gasteiger partial charge in [0, 0.05) is 18.7 Å². The molecule has 1 aliphatic heterocycles. The third-order valence-electron chi connectivity index (χ3n) is 6.76. The second kappa shape index (κ2) is 12.8. The van der Waals surface area contributed by atoms with Crippen LogP contribution in [-0.2, 0) is 14.3 Å². The first-order chi connectivity index (χ1) is 19.8. The average molecular weight is 596 g/mol. The van der Waals surface area contributed by atoms with Crippen molar-refractivity contribution in [2.75, 3.05) is 11.9 Å². The molecule has 3 amide bonds. The van der Waals surface area contributed by atoms with E-state index in [1.807, 2.05) is 38.1 Å². The van der Waals surface area contributed by atoms with Crippen LogP contribution >= 0.6 is 11.3 Å². The molecule has 1 fully saturated rings. The molecule has 2 aromatic heterocycles. The number of hydrogen-bond acceptors (Lipinski definition) is 8. The van der Waals surface area contributed by atoms with Gasteiger partial charge in [0.2, 0.25) is 17.6 Å². The van der Waals surface area contributed by atoms with Crippen molar-refractivity contribution in [1.29, 1.82) is 0 Å². The van der Waals surface area contributed by atoms with Crippen LogP contribution < -0.4 is 21.5 Å². The quantitative estimate of drug-likeness (QED) is 0.296. The second-order valence-electron chi connectivity index (χ2n) is 11.8. The van der Waals surface area contributed by atoms with E-state index in [-0.39, 0.29) is 41.1 Å². The lowest BCUT2D eigenvalue weighted by molar-refractivity contribution is -0.126. The number of carbonyl (C=O) groups excluding carboxylic acids is 4. The lowest BCUT2D eigenvalue weighted by Crippen LogP contribution is -2.47. The molecule has 3 N–H and O–H groups in total. The number of para-hydroxylation sites is 1. The molecule has 3 heterocycles. The highest BCUT2D eigenvalue weighted by Crippen LogP contribution is 2.26. The molecular weight excluding hydrogens is 558 g/mol. The molecule has 0 spiro atoms. The first-order valence-corrected chi connectivity index (χ1v) is 14.8. The standard InChI is InChI=1S/C30H37N5O6S/c1-17(2)15-22(35-14-8-10-20(28(35)39)34-29(40)41-30(3,4)5)26(38)32-21(16-18-12-13-31-25(18)37)24(36)27-33-19-9-6-7-11-23(19)42-27/h6-11,14,17-18,21-22H,12-13,15-16H2,1-5H3,(H,31,37)(H,32,38)(H,34,40)/t18-,21?,22-/m0/s1. The molecular formula is C30H37N5O6S. The van der Waals surface area contributed by atoms with Crippen molar-refractivity contribution in [1.82, 2.24) is 20.2 Å². The second-order valence-corrected chi connectivity index (χ2v) is 12.9. The number of fused-ring (bicyclic) bond motifs is 1. The smallest absolute Gasteiger partial charge is 0.412 e. The van der Waals surface area contributed by atoms with Crippen LogP contribution in [0.1, 0.15) is 69.7 Å². The fourth-order valence-corrected chi connectivity index (χ4v) is 5.80. The minimum atomic E-state index is -1.03. The Morgan fingerprint density at radius 1 is 1.14 bits per heavy atom. The van der Waals surface area contributed by atoms with E-state index in [0.29, 0.717) is 18.5 Å². The Morgan fingerprint density at radius 3 is 2.52 bits per heavy atom. The van der Waals surface area contributed by atoms with E-state index in [0.717, 1.165) is 4.70 Å². The first kappa shape index (κ1) is 30.9. The van der Waals surface area contributed by atoms with Gasteiger partial charge >= 0.3 is 6.09 Å². The lowest BCUT2D eigenvalue weighted by atomic mass is 9.95. The number of anilines is 1. The minimum absolute atomic E-state index is 0.00847. The van der Waals surface area contributed by atoms with E-state index in [4.69, 9.17) is 4.74 Å². The van der Waals surface area contributed by atoms with Crippen LogP contribution in [-0.4, -0.2) is 51.4 Å². The summed E-state index contributed by atoms with van der Waals surface area (Å²) in [6, 6.07) is 8.35. The molecule has 3 atom stereocenters. The zero-order valence-corrected chi connectivity index (χ0v) is 25.2. The summed E-state index contributed by atoms with van der Waals surface area (Å²) in [7, 11) is 0. The maximum atomic E-state index is 13.9. The van der Waals surface area contributed by atoms with Gasteiger partial charge in [-0.15, -0.1) is 11.3 Å². The van der Waals surface area contributed by atoms with E-state index in [9.17, 15) is 24.0 Å². The zero-order chi connectivity index (χ0) is 30.6. The predicted octanol–water partition coefficient (Wildman–Crippen LogP) is 4.29. The van der Waals surface area contributed by atoms with Crippen LogP contribution in [0.3, 0.4) is 0 Å². The maximum absolute atomic E-state index is 13.9. The van der Waals surface area contributed by atoms with Gasteiger partial charge in [-0.05, 0) is 70.2 Å². The molecule has 1 unspecified atom stereocenters. The molecule has 1 aliphatic rings. The van der Waals surface area contributed by atoms with E-state index in [2.05, 4.69) is 20.9 Å². The fraction of sp³-hybridized carbons (Fsp3) is 0.467. The van der Waals surface area contributed by atoms with Crippen LogP contribution in [0.5, 0.6) is 0 Å². The number of nitrogens with one attached hydrogen (secondary N) is 3. The summed E-state index contributed by atoms with van der Waals surface area (Å²) in [5.41, 5.74) is -0.724. The van der Waals surface area contributed by atoms with E-state index >= 15 is 0 Å². The number of benzene rings is 1. The van der Waals surface area contributed by atoms with E-state index < -0.39 is 41.2 Å². The fourth-order valence-electron chi connectivity index (χ4n) is 4.84. The Kier molecular flexibility index (Phi) is 9.45. The molecule has 12 heteroatoms. The molecule has 42 heavy (non-hydrogen) atoms. The number of Topliss-reactive ketones (excluding diaryl/α,β-unsaturated/α-hetero) is 1. The molecule has 224 valence electrons. The Labute approximate surface area is 248 Å². The molecule has 1 saturated heterocycles. The number of pyridine rings is 1. The number of ketones is 1. The topological polar surface area (TPSA) is 148 Å². The Morgan fingerprint density at radius 2 is 1.88 bits per heavy atom. The van der Waals surface area contributed by atoms with Gasteiger partial charge in [0.15, 0.2) is 5.01 Å². The average Bonchev–Trinajstić information content (AvgIpc) is 3.52. The summed E-state index contributed by atoms with van der Waals surface area (Å²) in [6.07, 6.45) is 1.62. The van der Waals surface area contributed by atoms with Gasteiger partial charge in [-0.2, -0.15) is 0 Å². The van der Waals surface area contributed by atoms with Crippen LogP contribution in [0, 0.1) is 11.8 Å². The highest BCUT2D eigenvalue weighted by Gasteiger charge is 2.35. The number of hydrogen-bond donors (Lipinski definition) is 3. The number of thiazole rings is 1. The van der Waals surface area contributed by atoms with Crippen molar-refractivity contribution in [3.63, 3.8) is 0 Å². The molecule has 11 nitrogen and oxygen atoms in total. The lowest BCUT2D eigenvalue weighted by Gasteiger charge is -2.25. The number of ether oxygens (including phenoxy) is 1. The van der Waals surface area contributed by atoms with Gasteiger partial charge in [-0.3, -0.25) is 24.5 Å². The summed E-state index contributed by atoms with van der Waals surface area (Å²) >= 11 is 1.23. The number of carbonyl (C=O) groups is 4. The predicted molar refractivity (Wildman–Crippen MR) is 161 cm³/mol. The normalized spacial score (nSPS) is 16.6. The highest BCUT2D eigenvalue weighted by atomic mass is 32.1. The summed E-state index contributed by atoms with van der Waals surface area (Å²) in [4.78, 5) is 70.3. The monoisotopic (exact) mass is 595 g/mol. The van der Waals surface area contributed by atoms with Crippen molar-refractivity contribution in [3.05, 3.63) is 58.0 Å². The van der Waals surface area contributed by atoms with E-state index in [1.54, 1.807) is 26.8 Å². The Balaban J connectivity index is 1.63. The first-order valence-electron chi connectivity index (χ1n) is 14.0. The van der Waals surface area contributed by atoms with Crippen molar-refractivity contribution in [2.45, 2.75) is 71.6 Å². The van der Waals surface area contributed by atoms with Crippen LogP contribution in [0.15, 0.2) is 47.4 Å². The maximum Gasteiger partial charge on any atom is 0.412 e. The summed E-state index contributed by atoms with van der Waals surface area (Å²) < 4.78 is 7.36. The van der Waals surface area contributed by atoms with Crippen molar-refractivity contribution in [2.24, 2.45) is 11.8 Å². The van der Waals surface area contributed by atoms with Gasteiger partial charge < -0.3 is 19.9 Å². The van der Waals surface area contributed by atoms with Gasteiger partial charge in [0.25, 0.3) is 5.56 Å². The van der Waals surface area contributed by atoms with Crippen molar-refractivity contribution in [3.8, 4) is 0 Å². The number of rotatable bonds is 10. The highest BCUT2D eigenvalue weighted by molar-refractivity contribution is 7.20. The van der Waals surface area contributed by atoms with E-state index in [1.165, 1.54) is 28.2 Å². The SMILES string of the molecule is CC(C)C[C@@H](C(=O)NC(C[C@@H]1CCNC1=O)C(=O)c1nc2ccccc2s1)n1cccc(NC(=O)OC(C)(C)C)c1=O. The molecule has 0 bridgehead atoms. The molecule has 4 rings (SSSR count). The summed E-state index contributed by atoms with van der Waals surface area (Å²) in [5, 5.41) is 8.34. The molecule has 0 radical (unpaired) electrons. The Bertz CT molecular complexity index is 1510. The number of amides is 3. The third kappa shape index (κ3) is 7.61. The molecule has 0 saturated carbocycles. The number of nitrogens with zero attached hydrogens (tertiary/aromatic N) is 2. The van der Waals surface area contributed by atoms with Crippen LogP contribution in [0.2, 0.25) is 0 Å². The molecule has 3 aromatic rings. The third-order valence-corrected chi connectivity index (χ3v) is 7.81. The van der Waals surface area contributed by atoms with Crippen LogP contribution in [0.25, 0.3) is 10.2 Å². The minimum Gasteiger partial charge on any atom is -0.444 e. The van der Waals surface area contributed by atoms with Gasteiger partial charge in [0.1, 0.15) is 17.3 Å².